The summed E-state index contributed by atoms with van der Waals surface area (Å²) in [5.74, 6) is 2.28. The maximum atomic E-state index is 6.16. The molecule has 2 rings (SSSR count). The predicted molar refractivity (Wildman–Crippen MR) is 76.1 cm³/mol. The van der Waals surface area contributed by atoms with Crippen molar-refractivity contribution in [2.24, 2.45) is 11.8 Å². The van der Waals surface area contributed by atoms with Gasteiger partial charge in [-0.25, -0.2) is 9.97 Å². The Bertz CT molecular complexity index is 423. The Kier molecular flexibility index (Phi) is 4.10. The second-order valence-electron chi connectivity index (χ2n) is 5.79. The van der Waals surface area contributed by atoms with Crippen molar-refractivity contribution in [3.05, 3.63) is 16.5 Å². The van der Waals surface area contributed by atoms with Gasteiger partial charge in [0.25, 0.3) is 0 Å². The van der Waals surface area contributed by atoms with E-state index in [1.165, 1.54) is 19.3 Å². The van der Waals surface area contributed by atoms with Crippen molar-refractivity contribution in [3.8, 4) is 0 Å². The van der Waals surface area contributed by atoms with Crippen molar-refractivity contribution in [2.45, 2.75) is 53.0 Å². The molecule has 2 unspecified atom stereocenters. The van der Waals surface area contributed by atoms with E-state index in [2.05, 4.69) is 29.1 Å². The van der Waals surface area contributed by atoms with E-state index in [0.29, 0.717) is 11.2 Å². The number of hydrogen-bond acceptors (Lipinski definition) is 3. The monoisotopic (exact) mass is 267 g/mol. The molecule has 0 aliphatic heterocycles. The molecular formula is C14H22ClN3. The van der Waals surface area contributed by atoms with Crippen LogP contribution in [0.3, 0.4) is 0 Å². The number of aryl methyl sites for hydroxylation is 2. The highest BCUT2D eigenvalue weighted by Gasteiger charge is 2.24. The molecule has 1 aliphatic carbocycles. The summed E-state index contributed by atoms with van der Waals surface area (Å²) in [6.45, 7) is 8.54. The molecular weight excluding hydrogens is 246 g/mol. The minimum atomic E-state index is 0.470. The SMILES string of the molecule is Cc1nc(Cl)c(NC2CC(C)CC(C)C2)nc1C. The fraction of sp³-hybridized carbons (Fsp3) is 0.714. The van der Waals surface area contributed by atoms with Crippen LogP contribution in [0.4, 0.5) is 5.82 Å². The summed E-state index contributed by atoms with van der Waals surface area (Å²) in [5, 5.41) is 3.96. The molecule has 1 aliphatic rings. The molecule has 1 aromatic heterocycles. The summed E-state index contributed by atoms with van der Waals surface area (Å²) >= 11 is 6.16. The van der Waals surface area contributed by atoms with E-state index in [9.17, 15) is 0 Å². The summed E-state index contributed by atoms with van der Waals surface area (Å²) in [6.07, 6.45) is 3.70. The molecule has 1 heterocycles. The van der Waals surface area contributed by atoms with E-state index in [0.717, 1.165) is 29.0 Å². The number of hydrogen-bond donors (Lipinski definition) is 1. The van der Waals surface area contributed by atoms with Gasteiger partial charge in [-0.15, -0.1) is 0 Å². The van der Waals surface area contributed by atoms with E-state index in [1.54, 1.807) is 0 Å². The van der Waals surface area contributed by atoms with Gasteiger partial charge in [-0.3, -0.25) is 0 Å². The molecule has 1 fully saturated rings. The summed E-state index contributed by atoms with van der Waals surface area (Å²) in [7, 11) is 0. The van der Waals surface area contributed by atoms with Crippen molar-refractivity contribution in [1.29, 1.82) is 0 Å². The third kappa shape index (κ3) is 3.14. The van der Waals surface area contributed by atoms with Crippen LogP contribution in [0.25, 0.3) is 0 Å². The van der Waals surface area contributed by atoms with Crippen molar-refractivity contribution < 1.29 is 0 Å². The Morgan fingerprint density at radius 3 is 2.17 bits per heavy atom. The van der Waals surface area contributed by atoms with Gasteiger partial charge in [0.1, 0.15) is 0 Å². The molecule has 1 N–H and O–H groups in total. The fourth-order valence-corrected chi connectivity index (χ4v) is 3.15. The first-order valence-electron chi connectivity index (χ1n) is 6.73. The molecule has 3 nitrogen and oxygen atoms in total. The van der Waals surface area contributed by atoms with Gasteiger partial charge in [0.15, 0.2) is 11.0 Å². The highest BCUT2D eigenvalue weighted by atomic mass is 35.5. The number of anilines is 1. The average Bonchev–Trinajstić information content (AvgIpc) is 2.24. The van der Waals surface area contributed by atoms with Crippen LogP contribution in [0.1, 0.15) is 44.5 Å². The van der Waals surface area contributed by atoms with Gasteiger partial charge in [0.2, 0.25) is 0 Å². The van der Waals surface area contributed by atoms with Gasteiger partial charge >= 0.3 is 0 Å². The Hall–Kier alpha value is -0.830. The molecule has 0 amide bonds. The number of halogens is 1. The summed E-state index contributed by atoms with van der Waals surface area (Å²) in [6, 6.07) is 0.470. The molecule has 4 heteroatoms. The zero-order chi connectivity index (χ0) is 13.3. The van der Waals surface area contributed by atoms with E-state index in [4.69, 9.17) is 11.6 Å². The summed E-state index contributed by atoms with van der Waals surface area (Å²) in [5.41, 5.74) is 1.84. The van der Waals surface area contributed by atoms with Crippen molar-refractivity contribution in [2.75, 3.05) is 5.32 Å². The number of aromatic nitrogens is 2. The minimum Gasteiger partial charge on any atom is -0.365 e. The first-order chi connectivity index (χ1) is 8.45. The largest absolute Gasteiger partial charge is 0.365 e. The Balaban J connectivity index is 2.11. The lowest BCUT2D eigenvalue weighted by Gasteiger charge is -2.32. The zero-order valence-electron chi connectivity index (χ0n) is 11.6. The minimum absolute atomic E-state index is 0.470. The van der Waals surface area contributed by atoms with E-state index in [-0.39, 0.29) is 0 Å². The zero-order valence-corrected chi connectivity index (χ0v) is 12.4. The Labute approximate surface area is 114 Å². The van der Waals surface area contributed by atoms with Crippen LogP contribution >= 0.6 is 11.6 Å². The summed E-state index contributed by atoms with van der Waals surface area (Å²) in [4.78, 5) is 8.83. The number of rotatable bonds is 2. The Morgan fingerprint density at radius 1 is 1.00 bits per heavy atom. The van der Waals surface area contributed by atoms with Crippen LogP contribution < -0.4 is 5.32 Å². The van der Waals surface area contributed by atoms with Gasteiger partial charge in [0.05, 0.1) is 11.4 Å². The molecule has 0 aromatic carbocycles. The molecule has 1 aromatic rings. The fourth-order valence-electron chi connectivity index (χ4n) is 2.93. The van der Waals surface area contributed by atoms with Crippen LogP contribution in [-0.2, 0) is 0 Å². The van der Waals surface area contributed by atoms with Gasteiger partial charge in [-0.1, -0.05) is 25.4 Å². The molecule has 100 valence electrons. The molecule has 0 bridgehead atoms. The quantitative estimate of drug-likeness (QED) is 0.881. The third-order valence-electron chi connectivity index (χ3n) is 3.78. The van der Waals surface area contributed by atoms with Gasteiger partial charge in [0, 0.05) is 6.04 Å². The second kappa shape index (κ2) is 5.43. The van der Waals surface area contributed by atoms with Crippen molar-refractivity contribution >= 4 is 17.4 Å². The maximum Gasteiger partial charge on any atom is 0.171 e. The smallest absolute Gasteiger partial charge is 0.171 e. The van der Waals surface area contributed by atoms with Crippen molar-refractivity contribution in [1.82, 2.24) is 9.97 Å². The molecule has 0 saturated heterocycles. The highest BCUT2D eigenvalue weighted by Crippen LogP contribution is 2.31. The normalized spacial score (nSPS) is 28.2. The van der Waals surface area contributed by atoms with Crippen LogP contribution in [0.2, 0.25) is 5.15 Å². The highest BCUT2D eigenvalue weighted by molar-refractivity contribution is 6.31. The standard InChI is InChI=1S/C14H22ClN3/c1-8-5-9(2)7-12(6-8)18-14-13(15)16-10(3)11(4)17-14/h8-9,12H,5-7H2,1-4H3,(H,17,18). The topological polar surface area (TPSA) is 37.8 Å². The lowest BCUT2D eigenvalue weighted by molar-refractivity contribution is 0.280. The summed E-state index contributed by atoms with van der Waals surface area (Å²) < 4.78 is 0. The molecule has 18 heavy (non-hydrogen) atoms. The van der Waals surface area contributed by atoms with E-state index in [1.807, 2.05) is 13.8 Å². The first kappa shape index (κ1) is 13.6. The lowest BCUT2D eigenvalue weighted by Crippen LogP contribution is -2.30. The van der Waals surface area contributed by atoms with Crippen LogP contribution in [0.15, 0.2) is 0 Å². The second-order valence-corrected chi connectivity index (χ2v) is 6.15. The third-order valence-corrected chi connectivity index (χ3v) is 4.05. The van der Waals surface area contributed by atoms with E-state index >= 15 is 0 Å². The first-order valence-corrected chi connectivity index (χ1v) is 7.10. The lowest BCUT2D eigenvalue weighted by atomic mass is 9.80. The van der Waals surface area contributed by atoms with Crippen LogP contribution in [-0.4, -0.2) is 16.0 Å². The number of nitrogens with zero attached hydrogens (tertiary/aromatic N) is 2. The molecule has 0 radical (unpaired) electrons. The average molecular weight is 268 g/mol. The van der Waals surface area contributed by atoms with Crippen LogP contribution in [0, 0.1) is 25.7 Å². The molecule has 2 atom stereocenters. The van der Waals surface area contributed by atoms with Gasteiger partial charge in [-0.2, -0.15) is 0 Å². The predicted octanol–water partition coefficient (Wildman–Crippen LogP) is 3.98. The maximum absolute atomic E-state index is 6.16. The number of nitrogens with one attached hydrogen (secondary N) is 1. The van der Waals surface area contributed by atoms with Crippen LogP contribution in [0.5, 0.6) is 0 Å². The molecule has 0 spiro atoms. The van der Waals surface area contributed by atoms with Crippen molar-refractivity contribution in [3.63, 3.8) is 0 Å². The van der Waals surface area contributed by atoms with E-state index < -0.39 is 0 Å². The molecule has 1 saturated carbocycles. The Morgan fingerprint density at radius 2 is 1.56 bits per heavy atom. The van der Waals surface area contributed by atoms with Gasteiger partial charge in [-0.05, 0) is 44.9 Å². The van der Waals surface area contributed by atoms with Gasteiger partial charge < -0.3 is 5.32 Å².